The van der Waals surface area contributed by atoms with Gasteiger partial charge in [-0.1, -0.05) is 55.8 Å². The van der Waals surface area contributed by atoms with Crippen LogP contribution in [0.3, 0.4) is 0 Å². The minimum atomic E-state index is -1.20. The largest absolute Gasteiger partial charge is 0.480 e. The van der Waals surface area contributed by atoms with Gasteiger partial charge in [-0.25, -0.2) is 9.48 Å². The molecule has 10 nitrogen and oxygen atoms in total. The third-order valence-electron chi connectivity index (χ3n) is 12.6. The summed E-state index contributed by atoms with van der Waals surface area (Å²) in [7, 11) is 1.50. The van der Waals surface area contributed by atoms with E-state index in [1.165, 1.54) is 11.8 Å². The molecule has 0 unspecified atom stereocenters. The van der Waals surface area contributed by atoms with Crippen LogP contribution in [0.2, 0.25) is 0 Å². The van der Waals surface area contributed by atoms with Crippen LogP contribution in [0.1, 0.15) is 89.8 Å². The smallest absolute Gasteiger partial charge is 0.326 e. The van der Waals surface area contributed by atoms with Crippen molar-refractivity contribution in [1.29, 1.82) is 0 Å². The number of carbonyl (C=O) groups is 3. The highest BCUT2D eigenvalue weighted by Gasteiger charge is 2.72. The van der Waals surface area contributed by atoms with Gasteiger partial charge in [-0.15, -0.1) is 5.10 Å². The van der Waals surface area contributed by atoms with Gasteiger partial charge in [0.05, 0.1) is 18.7 Å². The second-order valence-electron chi connectivity index (χ2n) is 15.0. The number of carbonyl (C=O) groups excluding carboxylic acids is 2. The summed E-state index contributed by atoms with van der Waals surface area (Å²) in [6.45, 7) is 6.46. The highest BCUT2D eigenvalue weighted by molar-refractivity contribution is 5.83. The van der Waals surface area contributed by atoms with Crippen LogP contribution < -0.4 is 5.32 Å². The molecule has 1 heterocycles. The molecule has 1 aromatic heterocycles. The maximum absolute atomic E-state index is 13.1. The first-order valence-corrected chi connectivity index (χ1v) is 16.1. The number of nitrogens with zero attached hydrogens (tertiary/aromatic N) is 3. The first-order valence-electron chi connectivity index (χ1n) is 16.1. The number of nitrogens with one attached hydrogen (secondary N) is 1. The molecule has 0 radical (unpaired) electrons. The molecule has 6 rings (SSSR count). The number of benzene rings is 1. The van der Waals surface area contributed by atoms with Crippen LogP contribution >= 0.6 is 0 Å². The van der Waals surface area contributed by atoms with E-state index < -0.39 is 28.9 Å². The van der Waals surface area contributed by atoms with Crippen LogP contribution in [0, 0.1) is 33.5 Å². The second-order valence-corrected chi connectivity index (χ2v) is 15.0. The third-order valence-corrected chi connectivity index (χ3v) is 12.6. The van der Waals surface area contributed by atoms with Gasteiger partial charge in [0.2, 0.25) is 5.91 Å². The SMILES string of the molecule is COC(=O)[C@]1(C)CCC[C@@]2(C)[C@@H]3CC[C@@]4(C)C[C@]3(CC[C@@H]21)C[C@]4(O)c1cn(CC(=O)N[C@@H](Cc2ccccc2)C(=O)O)nn1. The molecule has 238 valence electrons. The number of esters is 1. The molecule has 0 aliphatic heterocycles. The van der Waals surface area contributed by atoms with E-state index in [4.69, 9.17) is 4.74 Å². The summed E-state index contributed by atoms with van der Waals surface area (Å²) in [6.07, 6.45) is 9.98. The van der Waals surface area contributed by atoms with Gasteiger partial charge < -0.3 is 20.3 Å². The second kappa shape index (κ2) is 10.7. The Morgan fingerprint density at radius 2 is 1.77 bits per heavy atom. The zero-order valence-electron chi connectivity index (χ0n) is 26.3. The van der Waals surface area contributed by atoms with Gasteiger partial charge >= 0.3 is 11.9 Å². The van der Waals surface area contributed by atoms with Gasteiger partial charge in [0.25, 0.3) is 0 Å². The lowest BCUT2D eigenvalue weighted by molar-refractivity contribution is -0.185. The van der Waals surface area contributed by atoms with Crippen molar-refractivity contribution in [2.24, 2.45) is 33.5 Å². The Labute approximate surface area is 258 Å². The number of methoxy groups -OCH3 is 1. The zero-order chi connectivity index (χ0) is 31.5. The molecule has 0 saturated heterocycles. The number of rotatable bonds is 8. The standard InChI is InChI=1S/C34H46N4O6/c1-30-15-11-25-31(2)13-8-14-32(3,29(42)44-4)24(31)12-16-33(25,20-30)21-34(30,43)26-18-38(37-36-26)19-27(39)35-23(28(40)41)17-22-9-6-5-7-10-22/h5-7,9-10,18,23-25,43H,8,11-17,19-21H2,1-4H3,(H,35,39)(H,40,41)/t23-,24-,25-,30-,31+,32+,33+,34-/m0/s1. The molecule has 2 aromatic rings. The van der Waals surface area contributed by atoms with Crippen molar-refractivity contribution in [2.75, 3.05) is 7.11 Å². The number of aliphatic hydroxyl groups is 1. The van der Waals surface area contributed by atoms with Crippen molar-refractivity contribution >= 4 is 17.8 Å². The van der Waals surface area contributed by atoms with Gasteiger partial charge in [-0.2, -0.15) is 0 Å². The van der Waals surface area contributed by atoms with Crippen molar-refractivity contribution in [3.8, 4) is 0 Å². The van der Waals surface area contributed by atoms with Crippen LogP contribution in [-0.4, -0.2) is 56.2 Å². The number of hydrogen-bond donors (Lipinski definition) is 3. The molecule has 4 aliphatic rings. The highest BCUT2D eigenvalue weighted by Crippen LogP contribution is 2.77. The first-order chi connectivity index (χ1) is 20.8. The van der Waals surface area contributed by atoms with Crippen molar-refractivity contribution in [2.45, 2.75) is 103 Å². The van der Waals surface area contributed by atoms with E-state index in [0.29, 0.717) is 18.0 Å². The number of fused-ring (bicyclic) bond motifs is 3. The topological polar surface area (TPSA) is 144 Å². The fraction of sp³-hybridized carbons (Fsp3) is 0.676. The fourth-order valence-corrected chi connectivity index (χ4v) is 10.7. The predicted octanol–water partition coefficient (Wildman–Crippen LogP) is 4.25. The number of aliphatic carboxylic acids is 1. The summed E-state index contributed by atoms with van der Waals surface area (Å²) in [6, 6.07) is 8.10. The maximum Gasteiger partial charge on any atom is 0.326 e. The van der Waals surface area contributed by atoms with Crippen LogP contribution in [0.15, 0.2) is 36.5 Å². The van der Waals surface area contributed by atoms with Crippen molar-refractivity contribution < 1.29 is 29.3 Å². The molecule has 8 atom stereocenters. The Balaban J connectivity index is 1.20. The third kappa shape index (κ3) is 4.66. The van der Waals surface area contributed by atoms with Crippen molar-refractivity contribution in [1.82, 2.24) is 20.3 Å². The quantitative estimate of drug-likeness (QED) is 0.379. The van der Waals surface area contributed by atoms with Crippen molar-refractivity contribution in [3.63, 3.8) is 0 Å². The number of aromatic nitrogens is 3. The Morgan fingerprint density at radius 1 is 1.05 bits per heavy atom. The van der Waals surface area contributed by atoms with Crippen LogP contribution in [-0.2, 0) is 37.7 Å². The fourth-order valence-electron chi connectivity index (χ4n) is 10.7. The van der Waals surface area contributed by atoms with Gasteiger partial charge in [-0.05, 0) is 86.5 Å². The van der Waals surface area contributed by atoms with Gasteiger partial charge in [-0.3, -0.25) is 9.59 Å². The van der Waals surface area contributed by atoms with Gasteiger partial charge in [0.1, 0.15) is 23.9 Å². The lowest BCUT2D eigenvalue weighted by Crippen LogP contribution is -2.58. The molecule has 4 aliphatic carbocycles. The lowest BCUT2D eigenvalue weighted by atomic mass is 9.40. The molecule has 44 heavy (non-hydrogen) atoms. The van der Waals surface area contributed by atoms with E-state index in [2.05, 4.69) is 36.4 Å². The Morgan fingerprint density at radius 3 is 2.48 bits per heavy atom. The number of carboxylic acid groups (broad SMARTS) is 1. The first kappa shape index (κ1) is 30.7. The van der Waals surface area contributed by atoms with E-state index >= 15 is 0 Å². The minimum absolute atomic E-state index is 0.0118. The zero-order valence-corrected chi connectivity index (χ0v) is 26.3. The van der Waals surface area contributed by atoms with Crippen molar-refractivity contribution in [3.05, 3.63) is 47.8 Å². The van der Waals surface area contributed by atoms with E-state index in [1.54, 1.807) is 6.20 Å². The number of carboxylic acids is 1. The molecule has 3 N–H and O–H groups in total. The molecule has 1 amide bonds. The molecule has 4 saturated carbocycles. The molecule has 4 fully saturated rings. The van der Waals surface area contributed by atoms with Crippen LogP contribution in [0.5, 0.6) is 0 Å². The molecular weight excluding hydrogens is 560 g/mol. The maximum atomic E-state index is 13.1. The van der Waals surface area contributed by atoms with E-state index in [0.717, 1.165) is 56.9 Å². The van der Waals surface area contributed by atoms with Gasteiger partial charge in [0.15, 0.2) is 0 Å². The Bertz CT molecular complexity index is 1450. The summed E-state index contributed by atoms with van der Waals surface area (Å²) < 4.78 is 6.72. The Hall–Kier alpha value is -3.27. The molecule has 10 heteroatoms. The number of hydrogen-bond acceptors (Lipinski definition) is 7. The van der Waals surface area contributed by atoms with E-state index in [1.807, 2.05) is 30.3 Å². The molecule has 1 spiro atoms. The average Bonchev–Trinajstić information content (AvgIpc) is 3.50. The summed E-state index contributed by atoms with van der Waals surface area (Å²) in [5.74, 6) is -1.05. The Kier molecular flexibility index (Phi) is 7.46. The number of amides is 1. The lowest BCUT2D eigenvalue weighted by Gasteiger charge is -2.64. The predicted molar refractivity (Wildman–Crippen MR) is 161 cm³/mol. The average molecular weight is 607 g/mol. The van der Waals surface area contributed by atoms with Crippen LogP contribution in [0.25, 0.3) is 0 Å². The molecular formula is C34H46N4O6. The summed E-state index contributed by atoms with van der Waals surface area (Å²) in [4.78, 5) is 37.8. The summed E-state index contributed by atoms with van der Waals surface area (Å²) in [5, 5.41) is 33.4. The monoisotopic (exact) mass is 606 g/mol. The minimum Gasteiger partial charge on any atom is -0.480 e. The molecule has 2 bridgehead atoms. The summed E-state index contributed by atoms with van der Waals surface area (Å²) in [5.41, 5.74) is -0.855. The van der Waals surface area contributed by atoms with E-state index in [-0.39, 0.29) is 41.1 Å². The van der Waals surface area contributed by atoms with Gasteiger partial charge in [0, 0.05) is 11.8 Å². The normalized spacial score (nSPS) is 38.2. The van der Waals surface area contributed by atoms with E-state index in [9.17, 15) is 24.6 Å². The highest BCUT2D eigenvalue weighted by atomic mass is 16.5. The molecule has 1 aromatic carbocycles. The summed E-state index contributed by atoms with van der Waals surface area (Å²) >= 11 is 0. The van der Waals surface area contributed by atoms with Crippen LogP contribution in [0.4, 0.5) is 0 Å². The number of ether oxygens (including phenoxy) is 1.